The van der Waals surface area contributed by atoms with E-state index in [1.807, 2.05) is 18.2 Å². The van der Waals surface area contributed by atoms with Crippen LogP contribution >= 0.6 is 0 Å². The van der Waals surface area contributed by atoms with E-state index in [1.54, 1.807) is 0 Å². The molecule has 2 aliphatic rings. The number of carbonyl (C=O) groups is 2. The molecular weight excluding hydrogens is 352 g/mol. The predicted molar refractivity (Wildman–Crippen MR) is 112 cm³/mol. The summed E-state index contributed by atoms with van der Waals surface area (Å²) < 4.78 is 0. The number of carbonyl (C=O) groups excluding carboxylic acids is 2. The van der Waals surface area contributed by atoms with Crippen LogP contribution < -0.4 is 10.6 Å². The lowest BCUT2D eigenvalue weighted by Gasteiger charge is -2.33. The second kappa shape index (κ2) is 11.0. The summed E-state index contributed by atoms with van der Waals surface area (Å²) in [7, 11) is 0. The van der Waals surface area contributed by atoms with Gasteiger partial charge in [-0.15, -0.1) is 0 Å². The number of urea groups is 1. The van der Waals surface area contributed by atoms with Crippen LogP contribution in [0.5, 0.6) is 0 Å². The number of piperazine rings is 1. The van der Waals surface area contributed by atoms with Crippen LogP contribution in [0.1, 0.15) is 37.7 Å². The maximum atomic E-state index is 12.1. The minimum absolute atomic E-state index is 0.217. The van der Waals surface area contributed by atoms with E-state index >= 15 is 0 Å². The van der Waals surface area contributed by atoms with Crippen molar-refractivity contribution in [1.82, 2.24) is 20.4 Å². The highest BCUT2D eigenvalue weighted by Gasteiger charge is 2.20. The van der Waals surface area contributed by atoms with Crippen LogP contribution in [-0.4, -0.2) is 67.0 Å². The first-order valence-electron chi connectivity index (χ1n) is 10.5. The zero-order valence-corrected chi connectivity index (χ0v) is 16.6. The van der Waals surface area contributed by atoms with E-state index in [9.17, 15) is 9.59 Å². The molecule has 0 aromatic heterocycles. The first-order valence-corrected chi connectivity index (χ1v) is 10.5. The lowest BCUT2D eigenvalue weighted by molar-refractivity contribution is -0.121. The van der Waals surface area contributed by atoms with Crippen molar-refractivity contribution >= 4 is 18.0 Å². The molecule has 0 radical (unpaired) electrons. The number of amides is 3. The molecule has 0 unspecified atom stereocenters. The van der Waals surface area contributed by atoms with E-state index in [4.69, 9.17) is 0 Å². The molecule has 0 atom stereocenters. The average molecular weight is 385 g/mol. The van der Waals surface area contributed by atoms with Crippen molar-refractivity contribution in [3.8, 4) is 0 Å². The molecule has 6 nitrogen and oxygen atoms in total. The van der Waals surface area contributed by atoms with Gasteiger partial charge < -0.3 is 5.32 Å². The average Bonchev–Trinajstić information content (AvgIpc) is 2.71. The normalized spacial score (nSPS) is 19.6. The minimum atomic E-state index is -0.346. The van der Waals surface area contributed by atoms with E-state index in [0.29, 0.717) is 0 Å². The van der Waals surface area contributed by atoms with Crippen molar-refractivity contribution in [3.05, 3.63) is 42.0 Å². The number of nitrogens with one attached hydrogen (secondary N) is 2. The molecule has 0 spiro atoms. The Labute approximate surface area is 168 Å². The van der Waals surface area contributed by atoms with Crippen LogP contribution in [0.3, 0.4) is 0 Å². The quantitative estimate of drug-likeness (QED) is 0.791. The zero-order chi connectivity index (χ0) is 19.6. The van der Waals surface area contributed by atoms with Gasteiger partial charge in [-0.05, 0) is 18.4 Å². The summed E-state index contributed by atoms with van der Waals surface area (Å²) in [6.45, 7) is 4.75. The molecule has 2 N–H and O–H groups in total. The standard InChI is InChI=1S/C22H32N4O2/c27-21(24-22(28)23-20-11-5-2-6-12-20)18-26-16-14-25(15-17-26)13-7-10-19-8-3-1-4-9-19/h1,3-4,7-10,20H,2,5-6,11-18H2,(H2,23,24,27,28). The SMILES string of the molecule is O=C(CN1CCN(CC=Cc2ccccc2)CC1)NC(=O)NC1CCCCC1. The van der Waals surface area contributed by atoms with E-state index in [-0.39, 0.29) is 24.5 Å². The molecule has 1 aromatic rings. The van der Waals surface area contributed by atoms with Crippen molar-refractivity contribution < 1.29 is 9.59 Å². The second-order valence-corrected chi connectivity index (χ2v) is 7.75. The highest BCUT2D eigenvalue weighted by Crippen LogP contribution is 2.17. The van der Waals surface area contributed by atoms with Crippen molar-refractivity contribution in [1.29, 1.82) is 0 Å². The topological polar surface area (TPSA) is 64.7 Å². The van der Waals surface area contributed by atoms with Gasteiger partial charge in [-0.3, -0.25) is 19.9 Å². The van der Waals surface area contributed by atoms with E-state index in [0.717, 1.165) is 58.4 Å². The van der Waals surface area contributed by atoms with Crippen LogP contribution in [0.25, 0.3) is 6.08 Å². The fourth-order valence-corrected chi connectivity index (χ4v) is 3.87. The van der Waals surface area contributed by atoms with Gasteiger partial charge in [0, 0.05) is 38.8 Å². The molecule has 28 heavy (non-hydrogen) atoms. The molecule has 1 saturated carbocycles. The fraction of sp³-hybridized carbons (Fsp3) is 0.545. The minimum Gasteiger partial charge on any atom is -0.335 e. The van der Waals surface area contributed by atoms with Crippen LogP contribution in [-0.2, 0) is 4.79 Å². The molecule has 3 rings (SSSR count). The van der Waals surface area contributed by atoms with Gasteiger partial charge in [-0.25, -0.2) is 4.79 Å². The van der Waals surface area contributed by atoms with E-state index in [1.165, 1.54) is 12.0 Å². The Morgan fingerprint density at radius 3 is 2.36 bits per heavy atom. The molecule has 1 aliphatic heterocycles. The molecule has 6 heteroatoms. The van der Waals surface area contributed by atoms with Crippen molar-refractivity contribution in [3.63, 3.8) is 0 Å². The highest BCUT2D eigenvalue weighted by molar-refractivity contribution is 5.95. The molecular formula is C22H32N4O2. The summed E-state index contributed by atoms with van der Waals surface area (Å²) in [5, 5.41) is 5.41. The van der Waals surface area contributed by atoms with E-state index < -0.39 is 0 Å². The molecule has 3 amide bonds. The van der Waals surface area contributed by atoms with E-state index in [2.05, 4.69) is 44.7 Å². The second-order valence-electron chi connectivity index (χ2n) is 7.75. The number of benzene rings is 1. The summed E-state index contributed by atoms with van der Waals surface area (Å²) in [6, 6.07) is 10.2. The lowest BCUT2D eigenvalue weighted by atomic mass is 9.96. The fourth-order valence-electron chi connectivity index (χ4n) is 3.87. The summed E-state index contributed by atoms with van der Waals surface area (Å²) in [6.07, 6.45) is 9.92. The summed E-state index contributed by atoms with van der Waals surface area (Å²) in [5.41, 5.74) is 1.21. The molecule has 1 aromatic carbocycles. The Morgan fingerprint density at radius 1 is 0.964 bits per heavy atom. The smallest absolute Gasteiger partial charge is 0.321 e. The maximum Gasteiger partial charge on any atom is 0.321 e. The number of nitrogens with zero attached hydrogens (tertiary/aromatic N) is 2. The highest BCUT2D eigenvalue weighted by atomic mass is 16.2. The molecule has 1 heterocycles. The van der Waals surface area contributed by atoms with Gasteiger partial charge in [-0.2, -0.15) is 0 Å². The Bertz CT molecular complexity index is 648. The van der Waals surface area contributed by atoms with Crippen LogP contribution in [0, 0.1) is 0 Å². The third-order valence-electron chi connectivity index (χ3n) is 5.50. The van der Waals surface area contributed by atoms with Gasteiger partial charge in [0.05, 0.1) is 6.54 Å². The Balaban J connectivity index is 1.30. The van der Waals surface area contributed by atoms with Crippen LogP contribution in [0.2, 0.25) is 0 Å². The summed E-state index contributed by atoms with van der Waals surface area (Å²) >= 11 is 0. The molecule has 1 saturated heterocycles. The van der Waals surface area contributed by atoms with Crippen molar-refractivity contribution in [2.75, 3.05) is 39.3 Å². The predicted octanol–water partition coefficient (Wildman–Crippen LogP) is 2.48. The number of rotatable bonds is 6. The van der Waals surface area contributed by atoms with Gasteiger partial charge in [0.1, 0.15) is 0 Å². The number of hydrogen-bond donors (Lipinski definition) is 2. The summed E-state index contributed by atoms with van der Waals surface area (Å²) in [4.78, 5) is 28.6. The first kappa shape index (κ1) is 20.6. The number of imide groups is 1. The molecule has 0 bridgehead atoms. The van der Waals surface area contributed by atoms with Gasteiger partial charge in [0.25, 0.3) is 0 Å². The van der Waals surface area contributed by atoms with Gasteiger partial charge in [0.2, 0.25) is 5.91 Å². The van der Waals surface area contributed by atoms with Crippen LogP contribution in [0.4, 0.5) is 4.79 Å². The first-order chi connectivity index (χ1) is 13.7. The Hall–Kier alpha value is -2.18. The van der Waals surface area contributed by atoms with Crippen molar-refractivity contribution in [2.45, 2.75) is 38.1 Å². The van der Waals surface area contributed by atoms with Crippen LogP contribution in [0.15, 0.2) is 36.4 Å². The monoisotopic (exact) mass is 384 g/mol. The number of hydrogen-bond acceptors (Lipinski definition) is 4. The zero-order valence-electron chi connectivity index (χ0n) is 16.6. The van der Waals surface area contributed by atoms with Gasteiger partial charge >= 0.3 is 6.03 Å². The molecule has 2 fully saturated rings. The Morgan fingerprint density at radius 2 is 1.64 bits per heavy atom. The lowest BCUT2D eigenvalue weighted by Crippen LogP contribution is -2.52. The third kappa shape index (κ3) is 7.09. The molecule has 152 valence electrons. The Kier molecular flexibility index (Phi) is 8.06. The van der Waals surface area contributed by atoms with Gasteiger partial charge in [0.15, 0.2) is 0 Å². The largest absolute Gasteiger partial charge is 0.335 e. The van der Waals surface area contributed by atoms with Gasteiger partial charge in [-0.1, -0.05) is 61.7 Å². The van der Waals surface area contributed by atoms with Crippen molar-refractivity contribution in [2.24, 2.45) is 0 Å². The molecule has 1 aliphatic carbocycles. The summed E-state index contributed by atoms with van der Waals surface area (Å²) in [5.74, 6) is -0.217. The third-order valence-corrected chi connectivity index (χ3v) is 5.50. The maximum absolute atomic E-state index is 12.1.